The van der Waals surface area contributed by atoms with Gasteiger partial charge in [-0.25, -0.2) is 0 Å². The summed E-state index contributed by atoms with van der Waals surface area (Å²) in [4.78, 5) is 10.6. The van der Waals surface area contributed by atoms with Crippen LogP contribution in [0.15, 0.2) is 42.5 Å². The summed E-state index contributed by atoms with van der Waals surface area (Å²) >= 11 is 0. The monoisotopic (exact) mass is 442 g/mol. The fraction of sp³-hybridized carbons (Fsp3) is 0.552. The van der Waals surface area contributed by atoms with Crippen LogP contribution in [0.1, 0.15) is 84.6 Å². The maximum atomic E-state index is 10.6. The van der Waals surface area contributed by atoms with Gasteiger partial charge in [0.05, 0.1) is 19.6 Å². The third-order valence-electron chi connectivity index (χ3n) is 4.84. The molecule has 0 amide bonds. The van der Waals surface area contributed by atoms with E-state index in [1.807, 2.05) is 32.9 Å². The van der Waals surface area contributed by atoms with E-state index in [-0.39, 0.29) is 22.2 Å². The van der Waals surface area contributed by atoms with E-state index in [0.29, 0.717) is 0 Å². The molecule has 0 radical (unpaired) electrons. The van der Waals surface area contributed by atoms with Crippen LogP contribution in [0, 0.1) is 19.3 Å². The van der Waals surface area contributed by atoms with E-state index in [1.54, 1.807) is 7.11 Å². The number of hydrogen-bond donors (Lipinski definition) is 0. The molecule has 0 bridgehead atoms. The van der Waals surface area contributed by atoms with Gasteiger partial charge in [0.25, 0.3) is 0 Å². The zero-order valence-electron chi connectivity index (χ0n) is 22.8. The molecule has 2 aromatic carbocycles. The number of benzene rings is 2. The molecule has 0 heterocycles. The molecule has 0 N–H and O–H groups in total. The Hall–Kier alpha value is -2.29. The number of rotatable bonds is 1. The van der Waals surface area contributed by atoms with Crippen LogP contribution in [0.25, 0.3) is 0 Å². The summed E-state index contributed by atoms with van der Waals surface area (Å²) in [5.74, 6) is 0.750. The van der Waals surface area contributed by atoms with Gasteiger partial charge in [0, 0.05) is 0 Å². The Labute approximate surface area is 197 Å². The summed E-state index contributed by atoms with van der Waals surface area (Å²) in [6.45, 7) is 23.1. The molecule has 0 fully saturated rings. The largest absolute Gasteiger partial charge is 0.497 e. The molecule has 0 spiro atoms. The molecule has 2 rings (SSSR count). The molecule has 0 aromatic heterocycles. The SMILES string of the molecule is COC(=O)C(C)(C)C.COc1ccc(C(C)(C)C)cc1.Cc1cc(C)cc(C(C)(C)C)c1. The fourth-order valence-corrected chi connectivity index (χ4v) is 2.80. The molecule has 0 atom stereocenters. The van der Waals surface area contributed by atoms with Gasteiger partial charge in [0.15, 0.2) is 0 Å². The van der Waals surface area contributed by atoms with Gasteiger partial charge in [0.1, 0.15) is 5.75 Å². The van der Waals surface area contributed by atoms with Crippen LogP contribution in [0.4, 0.5) is 0 Å². The average molecular weight is 443 g/mol. The van der Waals surface area contributed by atoms with Crippen LogP contribution < -0.4 is 4.74 Å². The molecule has 0 aliphatic carbocycles. The van der Waals surface area contributed by atoms with Crippen molar-refractivity contribution in [3.8, 4) is 5.75 Å². The highest BCUT2D eigenvalue weighted by molar-refractivity contribution is 5.75. The highest BCUT2D eigenvalue weighted by Crippen LogP contribution is 2.24. The predicted octanol–water partition coefficient (Wildman–Crippen LogP) is 7.80. The molecule has 0 saturated heterocycles. The molecule has 3 heteroatoms. The van der Waals surface area contributed by atoms with Crippen LogP contribution in [0.3, 0.4) is 0 Å². The fourth-order valence-electron chi connectivity index (χ4n) is 2.80. The summed E-state index contributed by atoms with van der Waals surface area (Å²) in [5.41, 5.74) is 5.64. The minimum absolute atomic E-state index is 0.169. The number of carbonyl (C=O) groups is 1. The van der Waals surface area contributed by atoms with E-state index in [0.717, 1.165) is 5.75 Å². The van der Waals surface area contributed by atoms with Crippen molar-refractivity contribution in [1.82, 2.24) is 0 Å². The second-order valence-electron chi connectivity index (χ2n) is 11.3. The van der Waals surface area contributed by atoms with Crippen molar-refractivity contribution in [3.63, 3.8) is 0 Å². The van der Waals surface area contributed by atoms with Crippen molar-refractivity contribution >= 4 is 5.97 Å². The second kappa shape index (κ2) is 12.1. The first-order chi connectivity index (χ1) is 14.4. The highest BCUT2D eigenvalue weighted by Gasteiger charge is 2.21. The Bertz CT molecular complexity index is 806. The summed E-state index contributed by atoms with van der Waals surface area (Å²) in [7, 11) is 3.08. The Morgan fingerprint density at radius 1 is 0.656 bits per heavy atom. The van der Waals surface area contributed by atoms with Gasteiger partial charge in [-0.15, -0.1) is 0 Å². The number of aryl methyl sites for hydroxylation is 2. The lowest BCUT2D eigenvalue weighted by Gasteiger charge is -2.20. The number of carbonyl (C=O) groups excluding carboxylic acids is 1. The van der Waals surface area contributed by atoms with Crippen molar-refractivity contribution in [2.45, 2.75) is 87.0 Å². The summed E-state index contributed by atoms with van der Waals surface area (Å²) in [6.07, 6.45) is 0. The Morgan fingerprint density at radius 2 is 1.06 bits per heavy atom. The van der Waals surface area contributed by atoms with E-state index >= 15 is 0 Å². The molecule has 180 valence electrons. The molecule has 0 saturated carbocycles. The normalized spacial score (nSPS) is 11.4. The minimum Gasteiger partial charge on any atom is -0.497 e. The van der Waals surface area contributed by atoms with Gasteiger partial charge >= 0.3 is 5.97 Å². The van der Waals surface area contributed by atoms with E-state index in [4.69, 9.17) is 4.74 Å². The topological polar surface area (TPSA) is 35.5 Å². The molecule has 0 aliphatic rings. The summed E-state index contributed by atoms with van der Waals surface area (Å²) in [5, 5.41) is 0. The maximum absolute atomic E-state index is 10.6. The molecular weight excluding hydrogens is 396 g/mol. The molecule has 3 nitrogen and oxygen atoms in total. The van der Waals surface area contributed by atoms with Gasteiger partial charge in [-0.1, -0.05) is 83.0 Å². The first kappa shape index (κ1) is 29.7. The smallest absolute Gasteiger partial charge is 0.310 e. The van der Waals surface area contributed by atoms with Gasteiger partial charge in [0.2, 0.25) is 0 Å². The number of ether oxygens (including phenoxy) is 2. The molecule has 0 aliphatic heterocycles. The van der Waals surface area contributed by atoms with Crippen LogP contribution in [0.5, 0.6) is 5.75 Å². The number of hydrogen-bond acceptors (Lipinski definition) is 3. The van der Waals surface area contributed by atoms with Crippen LogP contribution in [-0.4, -0.2) is 20.2 Å². The average Bonchev–Trinajstić information content (AvgIpc) is 2.65. The van der Waals surface area contributed by atoms with Gasteiger partial charge in [-0.05, 0) is 68.7 Å². The van der Waals surface area contributed by atoms with Crippen molar-refractivity contribution < 1.29 is 14.3 Å². The van der Waals surface area contributed by atoms with Gasteiger partial charge in [-0.3, -0.25) is 4.79 Å². The summed E-state index contributed by atoms with van der Waals surface area (Å²) < 4.78 is 9.56. The first-order valence-corrected chi connectivity index (χ1v) is 11.2. The lowest BCUT2D eigenvalue weighted by molar-refractivity contribution is -0.149. The molecular formula is C29H46O3. The van der Waals surface area contributed by atoms with E-state index < -0.39 is 0 Å². The first-order valence-electron chi connectivity index (χ1n) is 11.2. The standard InChI is InChI=1S/C12H18.C11H16O.C6H12O2/c1-9-6-10(2)8-11(7-9)12(3,4)5;1-11(2,3)9-5-7-10(12-4)8-6-9;1-6(2,3)5(7)8-4/h6-8H,1-5H3;5-8H,1-4H3;1-4H3. The quantitative estimate of drug-likeness (QED) is 0.423. The Balaban J connectivity index is 0.000000462. The molecule has 2 aromatic rings. The van der Waals surface area contributed by atoms with E-state index in [9.17, 15) is 4.79 Å². The van der Waals surface area contributed by atoms with Crippen LogP contribution in [0.2, 0.25) is 0 Å². The third-order valence-corrected chi connectivity index (χ3v) is 4.84. The zero-order chi connectivity index (χ0) is 25.3. The predicted molar refractivity (Wildman–Crippen MR) is 138 cm³/mol. The Morgan fingerprint density at radius 3 is 1.31 bits per heavy atom. The van der Waals surface area contributed by atoms with Crippen molar-refractivity contribution in [2.75, 3.05) is 14.2 Å². The third kappa shape index (κ3) is 11.4. The maximum Gasteiger partial charge on any atom is 0.310 e. The van der Waals surface area contributed by atoms with Crippen molar-refractivity contribution in [1.29, 1.82) is 0 Å². The zero-order valence-corrected chi connectivity index (χ0v) is 22.8. The lowest BCUT2D eigenvalue weighted by atomic mass is 9.85. The van der Waals surface area contributed by atoms with Crippen molar-refractivity contribution in [3.05, 3.63) is 64.7 Å². The van der Waals surface area contributed by atoms with E-state index in [1.165, 1.54) is 29.4 Å². The van der Waals surface area contributed by atoms with Gasteiger partial charge in [-0.2, -0.15) is 0 Å². The Kier molecular flexibility index (Phi) is 11.2. The van der Waals surface area contributed by atoms with E-state index in [2.05, 4.69) is 90.5 Å². The second-order valence-corrected chi connectivity index (χ2v) is 11.3. The highest BCUT2D eigenvalue weighted by atomic mass is 16.5. The lowest BCUT2D eigenvalue weighted by Crippen LogP contribution is -2.21. The van der Waals surface area contributed by atoms with Crippen LogP contribution >= 0.6 is 0 Å². The van der Waals surface area contributed by atoms with Crippen molar-refractivity contribution in [2.24, 2.45) is 5.41 Å². The number of esters is 1. The van der Waals surface area contributed by atoms with Crippen LogP contribution in [-0.2, 0) is 20.4 Å². The molecule has 32 heavy (non-hydrogen) atoms. The number of methoxy groups -OCH3 is 2. The van der Waals surface area contributed by atoms with Gasteiger partial charge < -0.3 is 9.47 Å². The molecule has 0 unspecified atom stereocenters. The summed E-state index contributed by atoms with van der Waals surface area (Å²) in [6, 6.07) is 15.0. The minimum atomic E-state index is -0.352.